The molecule has 0 radical (unpaired) electrons. The van der Waals surface area contributed by atoms with Crippen molar-refractivity contribution < 1.29 is 4.79 Å². The predicted molar refractivity (Wildman–Crippen MR) is 118 cm³/mol. The molecule has 160 valence electrons. The van der Waals surface area contributed by atoms with Crippen molar-refractivity contribution >= 4 is 17.4 Å². The summed E-state index contributed by atoms with van der Waals surface area (Å²) in [6.07, 6.45) is 9.51. The number of piperidine rings is 2. The molecule has 1 unspecified atom stereocenters. The molecule has 4 rings (SSSR count). The van der Waals surface area contributed by atoms with Gasteiger partial charge in [0, 0.05) is 55.0 Å². The van der Waals surface area contributed by atoms with Crippen LogP contribution in [0.3, 0.4) is 0 Å². The van der Waals surface area contributed by atoms with Crippen molar-refractivity contribution in [1.82, 2.24) is 24.8 Å². The zero-order valence-electron chi connectivity index (χ0n) is 18.0. The highest BCUT2D eigenvalue weighted by molar-refractivity contribution is 5.78. The molecule has 2 saturated heterocycles. The molecule has 2 aliphatic rings. The number of hydrogen-bond donors (Lipinski definition) is 1. The minimum absolute atomic E-state index is 0.282. The maximum Gasteiger partial charge on any atom is 0.236 e. The molecule has 2 aliphatic heterocycles. The number of aryl methyl sites for hydroxylation is 1. The van der Waals surface area contributed by atoms with Gasteiger partial charge in [-0.2, -0.15) is 0 Å². The van der Waals surface area contributed by atoms with Crippen LogP contribution in [0.5, 0.6) is 0 Å². The maximum atomic E-state index is 12.8. The number of aromatic nitrogens is 3. The number of pyridine rings is 1. The normalized spacial score (nSPS) is 20.9. The van der Waals surface area contributed by atoms with E-state index < -0.39 is 0 Å². The Kier molecular flexibility index (Phi) is 6.57. The summed E-state index contributed by atoms with van der Waals surface area (Å²) in [6, 6.07) is 4.14. The first-order chi connectivity index (χ1) is 14.6. The second-order valence-electron chi connectivity index (χ2n) is 8.78. The fourth-order valence-corrected chi connectivity index (χ4v) is 4.48. The number of hydrogen-bond acceptors (Lipinski definition) is 6. The van der Waals surface area contributed by atoms with Gasteiger partial charge >= 0.3 is 0 Å². The molecule has 7 heteroatoms. The lowest BCUT2D eigenvalue weighted by atomic mass is 9.93. The lowest BCUT2D eigenvalue weighted by Gasteiger charge is -2.35. The van der Waals surface area contributed by atoms with Gasteiger partial charge in [0.05, 0.1) is 12.7 Å². The first kappa shape index (κ1) is 20.7. The molecule has 2 aromatic rings. The Hall–Kier alpha value is -2.54. The zero-order chi connectivity index (χ0) is 20.9. The van der Waals surface area contributed by atoms with Crippen molar-refractivity contribution in [3.8, 4) is 0 Å². The third-order valence-corrected chi connectivity index (χ3v) is 6.23. The van der Waals surface area contributed by atoms with Crippen LogP contribution < -0.4 is 5.32 Å². The van der Waals surface area contributed by atoms with Crippen LogP contribution in [-0.4, -0.2) is 63.4 Å². The van der Waals surface area contributed by atoms with Gasteiger partial charge in [-0.3, -0.25) is 19.7 Å². The van der Waals surface area contributed by atoms with Gasteiger partial charge in [0.2, 0.25) is 5.91 Å². The van der Waals surface area contributed by atoms with Gasteiger partial charge in [-0.15, -0.1) is 0 Å². The summed E-state index contributed by atoms with van der Waals surface area (Å²) in [7, 11) is 0. The Morgan fingerprint density at radius 2 is 2.00 bits per heavy atom. The number of nitrogens with one attached hydrogen (secondary N) is 1. The second-order valence-corrected chi connectivity index (χ2v) is 8.78. The first-order valence-electron chi connectivity index (χ1n) is 11.1. The highest BCUT2D eigenvalue weighted by Gasteiger charge is 2.27. The minimum atomic E-state index is 0.282. The Bertz CT molecular complexity index is 850. The van der Waals surface area contributed by atoms with Gasteiger partial charge in [-0.25, -0.2) is 4.98 Å². The molecule has 1 N–H and O–H groups in total. The van der Waals surface area contributed by atoms with Crippen LogP contribution in [0, 0.1) is 12.8 Å². The van der Waals surface area contributed by atoms with Crippen LogP contribution in [0.2, 0.25) is 0 Å². The second kappa shape index (κ2) is 9.51. The highest BCUT2D eigenvalue weighted by atomic mass is 16.2. The SMILES string of the molecule is Cc1cc(Nc2cnccn2)cc(C2CCCN(CC(=O)N3CCC(C)CC3)C2)n1. The topological polar surface area (TPSA) is 74.2 Å². The molecule has 1 atom stereocenters. The van der Waals surface area contributed by atoms with E-state index in [4.69, 9.17) is 4.98 Å². The molecule has 0 spiro atoms. The molecule has 0 aliphatic carbocycles. The molecule has 2 fully saturated rings. The van der Waals surface area contributed by atoms with Gasteiger partial charge < -0.3 is 10.2 Å². The molecule has 4 heterocycles. The highest BCUT2D eigenvalue weighted by Crippen LogP contribution is 2.28. The summed E-state index contributed by atoms with van der Waals surface area (Å²) in [4.78, 5) is 30.4. The number of anilines is 2. The fraction of sp³-hybridized carbons (Fsp3) is 0.565. The summed E-state index contributed by atoms with van der Waals surface area (Å²) < 4.78 is 0. The van der Waals surface area contributed by atoms with Gasteiger partial charge in [0.15, 0.2) is 0 Å². The van der Waals surface area contributed by atoms with Crippen LogP contribution in [0.25, 0.3) is 0 Å². The van der Waals surface area contributed by atoms with Crippen molar-refractivity contribution in [2.24, 2.45) is 5.92 Å². The standard InChI is InChI=1S/C23H32N6O/c1-17-5-10-29(11-6-17)23(30)16-28-9-3-4-19(15-28)21-13-20(12-18(2)26-21)27-22-14-24-7-8-25-22/h7-8,12-14,17,19H,3-6,9-11,15-16H2,1-2H3,(H,25,26,27). The van der Waals surface area contributed by atoms with Crippen LogP contribution >= 0.6 is 0 Å². The summed E-state index contributed by atoms with van der Waals surface area (Å²) in [5.41, 5.74) is 3.05. The van der Waals surface area contributed by atoms with Crippen molar-refractivity contribution in [3.05, 3.63) is 42.1 Å². The first-order valence-corrected chi connectivity index (χ1v) is 11.1. The number of rotatable bonds is 5. The van der Waals surface area contributed by atoms with E-state index in [0.29, 0.717) is 12.5 Å². The largest absolute Gasteiger partial charge is 0.342 e. The average molecular weight is 409 g/mol. The van der Waals surface area contributed by atoms with E-state index in [-0.39, 0.29) is 5.91 Å². The van der Waals surface area contributed by atoms with Gasteiger partial charge in [-0.1, -0.05) is 6.92 Å². The Balaban J connectivity index is 1.39. The van der Waals surface area contributed by atoms with Crippen molar-refractivity contribution in [3.63, 3.8) is 0 Å². The van der Waals surface area contributed by atoms with Gasteiger partial charge in [-0.05, 0) is 57.2 Å². The lowest BCUT2D eigenvalue weighted by Crippen LogP contribution is -2.46. The number of carbonyl (C=O) groups is 1. The monoisotopic (exact) mass is 408 g/mol. The molecule has 2 aromatic heterocycles. The van der Waals surface area contributed by atoms with Crippen molar-refractivity contribution in [2.75, 3.05) is 38.0 Å². The van der Waals surface area contributed by atoms with E-state index in [1.807, 2.05) is 13.0 Å². The van der Waals surface area contributed by atoms with Crippen molar-refractivity contribution in [2.45, 2.75) is 45.4 Å². The average Bonchev–Trinajstić information content (AvgIpc) is 2.75. The van der Waals surface area contributed by atoms with E-state index in [2.05, 4.69) is 38.1 Å². The van der Waals surface area contributed by atoms with Crippen LogP contribution in [0.15, 0.2) is 30.7 Å². The lowest BCUT2D eigenvalue weighted by molar-refractivity contribution is -0.134. The Labute approximate surface area is 178 Å². The van der Waals surface area contributed by atoms with Gasteiger partial charge in [0.25, 0.3) is 0 Å². The quantitative estimate of drug-likeness (QED) is 0.818. The summed E-state index contributed by atoms with van der Waals surface area (Å²) in [5, 5.41) is 3.33. The molecule has 0 bridgehead atoms. The molecular weight excluding hydrogens is 376 g/mol. The molecule has 30 heavy (non-hydrogen) atoms. The predicted octanol–water partition coefficient (Wildman–Crippen LogP) is 3.36. The third kappa shape index (κ3) is 5.33. The van der Waals surface area contributed by atoms with Crippen LogP contribution in [0.1, 0.15) is 49.9 Å². The number of nitrogens with zero attached hydrogens (tertiary/aromatic N) is 5. The van der Waals surface area contributed by atoms with Crippen LogP contribution in [0.4, 0.5) is 11.5 Å². The summed E-state index contributed by atoms with van der Waals surface area (Å²) in [6.45, 7) is 8.52. The van der Waals surface area contributed by atoms with Crippen molar-refractivity contribution in [1.29, 1.82) is 0 Å². The number of carbonyl (C=O) groups excluding carboxylic acids is 1. The fourth-order valence-electron chi connectivity index (χ4n) is 4.48. The molecule has 0 saturated carbocycles. The molecule has 7 nitrogen and oxygen atoms in total. The smallest absolute Gasteiger partial charge is 0.236 e. The molecule has 1 amide bonds. The number of amides is 1. The summed E-state index contributed by atoms with van der Waals surface area (Å²) >= 11 is 0. The van der Waals surface area contributed by atoms with E-state index in [0.717, 1.165) is 80.7 Å². The number of likely N-dealkylation sites (tertiary alicyclic amines) is 2. The van der Waals surface area contributed by atoms with E-state index in [9.17, 15) is 4.79 Å². The maximum absolute atomic E-state index is 12.8. The molecule has 0 aromatic carbocycles. The Morgan fingerprint density at radius 3 is 2.77 bits per heavy atom. The Morgan fingerprint density at radius 1 is 1.17 bits per heavy atom. The van der Waals surface area contributed by atoms with Crippen LogP contribution in [-0.2, 0) is 4.79 Å². The minimum Gasteiger partial charge on any atom is -0.342 e. The molecular formula is C23H32N6O. The van der Waals surface area contributed by atoms with E-state index in [1.165, 1.54) is 0 Å². The third-order valence-electron chi connectivity index (χ3n) is 6.23. The van der Waals surface area contributed by atoms with E-state index >= 15 is 0 Å². The van der Waals surface area contributed by atoms with E-state index in [1.54, 1.807) is 18.6 Å². The zero-order valence-corrected chi connectivity index (χ0v) is 18.0. The van der Waals surface area contributed by atoms with Gasteiger partial charge in [0.1, 0.15) is 5.82 Å². The summed E-state index contributed by atoms with van der Waals surface area (Å²) in [5.74, 6) is 2.09.